The van der Waals surface area contributed by atoms with Crippen molar-refractivity contribution in [1.29, 1.82) is 0 Å². The van der Waals surface area contributed by atoms with Gasteiger partial charge in [-0.05, 0) is 33.8 Å². The first-order valence-corrected chi connectivity index (χ1v) is 6.95. The van der Waals surface area contributed by atoms with Gasteiger partial charge in [-0.2, -0.15) is 0 Å². The molecular weight excluding hydrogens is 272 g/mol. The summed E-state index contributed by atoms with van der Waals surface area (Å²) in [4.78, 5) is 16.5. The van der Waals surface area contributed by atoms with Crippen LogP contribution in [0.3, 0.4) is 0 Å². The fraction of sp³-hybridized carbons (Fsp3) is 0.600. The van der Waals surface area contributed by atoms with Crippen LogP contribution in [0, 0.1) is 6.92 Å². The number of carbonyl (C=O) groups excluding carboxylic acids is 1. The lowest BCUT2D eigenvalue weighted by molar-refractivity contribution is -0.136. The largest absolute Gasteiger partial charge is 0.475 e. The number of aryl methyl sites for hydroxylation is 1. The van der Waals surface area contributed by atoms with Gasteiger partial charge in [0.1, 0.15) is 12.2 Å². The van der Waals surface area contributed by atoms with Crippen LogP contribution in [0.15, 0.2) is 12.1 Å². The molecule has 1 rings (SSSR count). The van der Waals surface area contributed by atoms with Gasteiger partial charge in [0.25, 0.3) is 5.91 Å². The number of carbonyl (C=O) groups is 1. The predicted molar refractivity (Wildman–Crippen MR) is 80.7 cm³/mol. The van der Waals surface area contributed by atoms with E-state index in [9.17, 15) is 4.79 Å². The average molecular weight is 296 g/mol. The summed E-state index contributed by atoms with van der Waals surface area (Å²) in [5.41, 5.74) is 0.451. The molecular formula is C15H24N2O4. The van der Waals surface area contributed by atoms with Crippen LogP contribution in [0.2, 0.25) is 0 Å². The molecule has 1 amide bonds. The number of aromatic nitrogens is 1. The maximum atomic E-state index is 12.2. The van der Waals surface area contributed by atoms with Crippen LogP contribution < -0.4 is 10.1 Å². The Hall–Kier alpha value is -1.66. The number of amides is 1. The summed E-state index contributed by atoms with van der Waals surface area (Å²) in [7, 11) is 1.61. The van der Waals surface area contributed by atoms with Crippen LogP contribution in [-0.2, 0) is 14.3 Å². The van der Waals surface area contributed by atoms with E-state index in [4.69, 9.17) is 14.2 Å². The van der Waals surface area contributed by atoms with Crippen LogP contribution in [0.25, 0.3) is 0 Å². The molecule has 0 radical (unpaired) electrons. The van der Waals surface area contributed by atoms with E-state index >= 15 is 0 Å². The number of methoxy groups -OCH3 is 1. The van der Waals surface area contributed by atoms with Crippen molar-refractivity contribution in [3.8, 4) is 5.88 Å². The summed E-state index contributed by atoms with van der Waals surface area (Å²) in [6.45, 7) is 8.55. The fourth-order valence-electron chi connectivity index (χ4n) is 1.68. The maximum absolute atomic E-state index is 12.2. The number of rotatable bonds is 8. The Morgan fingerprint density at radius 3 is 2.62 bits per heavy atom. The summed E-state index contributed by atoms with van der Waals surface area (Å²) >= 11 is 0. The lowest BCUT2D eigenvalue weighted by Gasteiger charge is -2.23. The zero-order chi connectivity index (χ0) is 15.9. The number of ether oxygens (including phenoxy) is 3. The molecule has 0 saturated heterocycles. The van der Waals surface area contributed by atoms with E-state index in [-0.39, 0.29) is 5.91 Å². The third-order valence-electron chi connectivity index (χ3n) is 2.90. The van der Waals surface area contributed by atoms with E-state index in [0.29, 0.717) is 37.1 Å². The molecule has 0 aliphatic heterocycles. The molecule has 0 saturated carbocycles. The smallest absolute Gasteiger partial charge is 0.256 e. The normalized spacial score (nSPS) is 11.3. The second kappa shape index (κ2) is 7.95. The number of nitrogens with one attached hydrogen (secondary N) is 1. The van der Waals surface area contributed by atoms with Crippen molar-refractivity contribution >= 4 is 11.6 Å². The number of pyridine rings is 1. The van der Waals surface area contributed by atoms with Crippen molar-refractivity contribution in [3.63, 3.8) is 0 Å². The first kappa shape index (κ1) is 17.4. The number of hydrogen-bond donors (Lipinski definition) is 1. The summed E-state index contributed by atoms with van der Waals surface area (Å²) in [5.74, 6) is 0.300. The van der Waals surface area contributed by atoms with Gasteiger partial charge in [-0.25, -0.2) is 4.98 Å². The van der Waals surface area contributed by atoms with Gasteiger partial charge in [0.2, 0.25) is 5.88 Å². The van der Waals surface area contributed by atoms with Crippen LogP contribution in [0.4, 0.5) is 5.69 Å². The highest BCUT2D eigenvalue weighted by Crippen LogP contribution is 2.19. The Bertz CT molecular complexity index is 475. The zero-order valence-electron chi connectivity index (χ0n) is 13.4. The van der Waals surface area contributed by atoms with Gasteiger partial charge in [-0.15, -0.1) is 0 Å². The zero-order valence-corrected chi connectivity index (χ0v) is 13.4. The van der Waals surface area contributed by atoms with Gasteiger partial charge in [0.15, 0.2) is 0 Å². The van der Waals surface area contributed by atoms with Crippen LogP contribution in [-0.4, -0.2) is 43.4 Å². The third-order valence-corrected chi connectivity index (χ3v) is 2.90. The van der Waals surface area contributed by atoms with Crippen molar-refractivity contribution in [2.24, 2.45) is 0 Å². The Morgan fingerprint density at radius 2 is 2.05 bits per heavy atom. The first-order valence-electron chi connectivity index (χ1n) is 6.95. The molecule has 0 atom stereocenters. The lowest BCUT2D eigenvalue weighted by Crippen LogP contribution is -2.40. The maximum Gasteiger partial charge on any atom is 0.256 e. The molecule has 0 fully saturated rings. The molecule has 0 aliphatic carbocycles. The molecule has 1 aromatic heterocycles. The Kier molecular flexibility index (Phi) is 6.58. The van der Waals surface area contributed by atoms with E-state index in [0.717, 1.165) is 0 Å². The Morgan fingerprint density at radius 1 is 1.33 bits per heavy atom. The minimum atomic E-state index is -0.880. The summed E-state index contributed by atoms with van der Waals surface area (Å²) in [6, 6.07) is 3.48. The number of anilines is 1. The molecule has 0 bridgehead atoms. The van der Waals surface area contributed by atoms with Crippen LogP contribution in [0.5, 0.6) is 5.88 Å². The molecule has 1 N–H and O–H groups in total. The van der Waals surface area contributed by atoms with E-state index in [1.54, 1.807) is 33.1 Å². The van der Waals surface area contributed by atoms with E-state index in [1.165, 1.54) is 0 Å². The quantitative estimate of drug-likeness (QED) is 0.745. The Balaban J connectivity index is 2.70. The van der Waals surface area contributed by atoms with E-state index in [2.05, 4.69) is 10.3 Å². The summed E-state index contributed by atoms with van der Waals surface area (Å²) in [6.07, 6.45) is 0. The number of hydrogen-bond acceptors (Lipinski definition) is 5. The van der Waals surface area contributed by atoms with Gasteiger partial charge in [0.05, 0.1) is 18.0 Å². The highest BCUT2D eigenvalue weighted by molar-refractivity contribution is 5.97. The standard InChI is InChI=1S/C15H24N2O4/c1-6-21-15(3,4)14(18)17-12-7-8-13(16-11(12)2)20-10-9-19-5/h7-8H,6,9-10H2,1-5H3,(H,17,18). The minimum absolute atomic E-state index is 0.206. The molecule has 0 aliphatic rings. The van der Waals surface area contributed by atoms with Crippen LogP contribution in [0.1, 0.15) is 26.5 Å². The van der Waals surface area contributed by atoms with Crippen LogP contribution >= 0.6 is 0 Å². The second-order valence-electron chi connectivity index (χ2n) is 5.02. The SMILES string of the molecule is CCOC(C)(C)C(=O)Nc1ccc(OCCOC)nc1C. The first-order chi connectivity index (χ1) is 9.90. The Labute approximate surface area is 125 Å². The molecule has 6 nitrogen and oxygen atoms in total. The summed E-state index contributed by atoms with van der Waals surface area (Å²) < 4.78 is 15.7. The molecule has 1 heterocycles. The molecule has 21 heavy (non-hydrogen) atoms. The average Bonchev–Trinajstić information content (AvgIpc) is 2.42. The lowest BCUT2D eigenvalue weighted by atomic mass is 10.1. The van der Waals surface area contributed by atoms with Gasteiger partial charge < -0.3 is 19.5 Å². The van der Waals surface area contributed by atoms with Crippen molar-refractivity contribution in [1.82, 2.24) is 4.98 Å². The van der Waals surface area contributed by atoms with Gasteiger partial charge in [-0.3, -0.25) is 4.79 Å². The second-order valence-corrected chi connectivity index (χ2v) is 5.02. The van der Waals surface area contributed by atoms with Crippen molar-refractivity contribution < 1.29 is 19.0 Å². The van der Waals surface area contributed by atoms with Gasteiger partial charge in [-0.1, -0.05) is 0 Å². The van der Waals surface area contributed by atoms with Crippen molar-refractivity contribution in [2.45, 2.75) is 33.3 Å². The van der Waals surface area contributed by atoms with E-state index in [1.807, 2.05) is 13.8 Å². The summed E-state index contributed by atoms with van der Waals surface area (Å²) in [5, 5.41) is 2.82. The number of nitrogens with zero attached hydrogens (tertiary/aromatic N) is 1. The van der Waals surface area contributed by atoms with Gasteiger partial charge in [0, 0.05) is 19.8 Å². The fourth-order valence-corrected chi connectivity index (χ4v) is 1.68. The highest BCUT2D eigenvalue weighted by Gasteiger charge is 2.28. The monoisotopic (exact) mass is 296 g/mol. The molecule has 0 aromatic carbocycles. The van der Waals surface area contributed by atoms with E-state index < -0.39 is 5.60 Å². The molecule has 6 heteroatoms. The highest BCUT2D eigenvalue weighted by atomic mass is 16.5. The minimum Gasteiger partial charge on any atom is -0.475 e. The molecule has 118 valence electrons. The predicted octanol–water partition coefficient (Wildman–Crippen LogP) is 2.17. The third kappa shape index (κ3) is 5.32. The van der Waals surface area contributed by atoms with Gasteiger partial charge >= 0.3 is 0 Å². The van der Waals surface area contributed by atoms with Crippen molar-refractivity contribution in [3.05, 3.63) is 17.8 Å². The topological polar surface area (TPSA) is 69.7 Å². The van der Waals surface area contributed by atoms with Crippen molar-refractivity contribution in [2.75, 3.05) is 32.2 Å². The molecule has 0 spiro atoms. The molecule has 0 unspecified atom stereocenters. The molecule has 1 aromatic rings.